The smallest absolute Gasteiger partial charge is 0.412 e. The molecule has 112 valence electrons. The van der Waals surface area contributed by atoms with Gasteiger partial charge in [-0.1, -0.05) is 12.1 Å². The first-order valence-corrected chi connectivity index (χ1v) is 7.72. The number of anilines is 2. The highest BCUT2D eigenvalue weighted by Crippen LogP contribution is 2.23. The molecule has 0 spiro atoms. The summed E-state index contributed by atoms with van der Waals surface area (Å²) < 4.78 is 5.27. The lowest BCUT2D eigenvalue weighted by atomic mass is 10.2. The van der Waals surface area contributed by atoms with E-state index in [2.05, 4.69) is 22.1 Å². The fourth-order valence-electron chi connectivity index (χ4n) is 1.75. The van der Waals surface area contributed by atoms with Crippen molar-refractivity contribution in [2.45, 2.75) is 32.9 Å². The van der Waals surface area contributed by atoms with Crippen LogP contribution in [0.25, 0.3) is 0 Å². The Bertz CT molecular complexity index is 589. The summed E-state index contributed by atoms with van der Waals surface area (Å²) in [7, 11) is 0. The Morgan fingerprint density at radius 2 is 1.90 bits per heavy atom. The molecule has 1 amide bonds. The van der Waals surface area contributed by atoms with Crippen LogP contribution in [0.2, 0.25) is 0 Å². The summed E-state index contributed by atoms with van der Waals surface area (Å²) in [4.78, 5) is 11.9. The van der Waals surface area contributed by atoms with Crippen LogP contribution in [0.4, 0.5) is 16.2 Å². The molecule has 0 fully saturated rings. The molecule has 21 heavy (non-hydrogen) atoms. The molecule has 0 radical (unpaired) electrons. The van der Waals surface area contributed by atoms with Crippen LogP contribution >= 0.6 is 11.3 Å². The normalized spacial score (nSPS) is 11.0. The standard InChI is InChI=1S/C16H20N2O2S/c1-16(2,3)20-15(19)18-14-7-5-4-6-13(14)17-10-12-8-9-21-11-12/h4-9,11,17H,10H2,1-3H3,(H,18,19). The first-order valence-electron chi connectivity index (χ1n) is 6.78. The second-order valence-corrected chi connectivity index (χ2v) is 6.44. The molecule has 0 saturated carbocycles. The molecule has 0 aliphatic rings. The SMILES string of the molecule is CC(C)(C)OC(=O)Nc1ccccc1NCc1ccsc1. The zero-order valence-electron chi connectivity index (χ0n) is 12.5. The van der Waals surface area contributed by atoms with E-state index in [1.54, 1.807) is 11.3 Å². The number of thiophene rings is 1. The molecule has 0 atom stereocenters. The van der Waals surface area contributed by atoms with Crippen molar-refractivity contribution in [2.75, 3.05) is 10.6 Å². The predicted octanol–water partition coefficient (Wildman–Crippen LogP) is 4.71. The molecule has 2 N–H and O–H groups in total. The third-order valence-corrected chi connectivity index (χ3v) is 3.36. The average molecular weight is 304 g/mol. The maximum atomic E-state index is 11.9. The predicted molar refractivity (Wildman–Crippen MR) is 87.9 cm³/mol. The van der Waals surface area contributed by atoms with Gasteiger partial charge >= 0.3 is 6.09 Å². The maximum Gasteiger partial charge on any atom is 0.412 e. The van der Waals surface area contributed by atoms with E-state index in [1.807, 2.05) is 50.4 Å². The van der Waals surface area contributed by atoms with Crippen molar-refractivity contribution >= 4 is 28.8 Å². The molecule has 2 rings (SSSR count). The van der Waals surface area contributed by atoms with Crippen LogP contribution in [0.5, 0.6) is 0 Å². The topological polar surface area (TPSA) is 50.4 Å². The van der Waals surface area contributed by atoms with E-state index in [9.17, 15) is 4.79 Å². The molecule has 0 aliphatic carbocycles. The molecule has 1 aromatic heterocycles. The summed E-state index contributed by atoms with van der Waals surface area (Å²) in [5.41, 5.74) is 2.28. The Hall–Kier alpha value is -2.01. The van der Waals surface area contributed by atoms with Crippen molar-refractivity contribution in [1.82, 2.24) is 0 Å². The Kier molecular flexibility index (Phi) is 4.85. The molecule has 0 aliphatic heterocycles. The third-order valence-electron chi connectivity index (χ3n) is 2.63. The highest BCUT2D eigenvalue weighted by atomic mass is 32.1. The molecule has 1 heterocycles. The Morgan fingerprint density at radius 3 is 2.52 bits per heavy atom. The van der Waals surface area contributed by atoms with E-state index in [0.29, 0.717) is 5.69 Å². The van der Waals surface area contributed by atoms with Gasteiger partial charge in [-0.05, 0) is 55.3 Å². The van der Waals surface area contributed by atoms with E-state index in [1.165, 1.54) is 5.56 Å². The molecule has 4 nitrogen and oxygen atoms in total. The lowest BCUT2D eigenvalue weighted by Gasteiger charge is -2.20. The van der Waals surface area contributed by atoms with E-state index in [4.69, 9.17) is 4.74 Å². The molecule has 5 heteroatoms. The zero-order chi connectivity index (χ0) is 15.3. The minimum Gasteiger partial charge on any atom is -0.444 e. The Morgan fingerprint density at radius 1 is 1.19 bits per heavy atom. The van der Waals surface area contributed by atoms with Crippen LogP contribution < -0.4 is 10.6 Å². The van der Waals surface area contributed by atoms with Crippen molar-refractivity contribution in [1.29, 1.82) is 0 Å². The van der Waals surface area contributed by atoms with Gasteiger partial charge in [0.05, 0.1) is 11.4 Å². The first-order chi connectivity index (χ1) is 9.94. The Labute approximate surface area is 129 Å². The van der Waals surface area contributed by atoms with Gasteiger partial charge in [-0.3, -0.25) is 5.32 Å². The fourth-order valence-corrected chi connectivity index (χ4v) is 2.42. The van der Waals surface area contributed by atoms with Crippen LogP contribution in [-0.2, 0) is 11.3 Å². The number of nitrogens with one attached hydrogen (secondary N) is 2. The molecule has 1 aromatic carbocycles. The second kappa shape index (κ2) is 6.63. The highest BCUT2D eigenvalue weighted by Gasteiger charge is 2.17. The lowest BCUT2D eigenvalue weighted by Crippen LogP contribution is -2.27. The third kappa shape index (κ3) is 5.11. The van der Waals surface area contributed by atoms with E-state index < -0.39 is 11.7 Å². The summed E-state index contributed by atoms with van der Waals surface area (Å²) >= 11 is 1.67. The number of hydrogen-bond acceptors (Lipinski definition) is 4. The van der Waals surface area contributed by atoms with Gasteiger partial charge in [0.25, 0.3) is 0 Å². The Balaban J connectivity index is 2.01. The van der Waals surface area contributed by atoms with Crippen molar-refractivity contribution in [2.24, 2.45) is 0 Å². The average Bonchev–Trinajstić information content (AvgIpc) is 2.88. The van der Waals surface area contributed by atoms with Gasteiger partial charge in [0, 0.05) is 6.54 Å². The van der Waals surface area contributed by atoms with Gasteiger partial charge in [0.1, 0.15) is 5.60 Å². The van der Waals surface area contributed by atoms with E-state index >= 15 is 0 Å². The minimum atomic E-state index is -0.511. The minimum absolute atomic E-state index is 0.452. The number of amides is 1. The van der Waals surface area contributed by atoms with Gasteiger partial charge in [0.2, 0.25) is 0 Å². The van der Waals surface area contributed by atoms with Gasteiger partial charge in [-0.15, -0.1) is 0 Å². The van der Waals surface area contributed by atoms with Crippen molar-refractivity contribution < 1.29 is 9.53 Å². The van der Waals surface area contributed by atoms with Gasteiger partial charge < -0.3 is 10.1 Å². The number of hydrogen-bond donors (Lipinski definition) is 2. The molecule has 0 bridgehead atoms. The zero-order valence-corrected chi connectivity index (χ0v) is 13.3. The fraction of sp³-hybridized carbons (Fsp3) is 0.312. The van der Waals surface area contributed by atoms with Crippen LogP contribution in [0.1, 0.15) is 26.3 Å². The maximum absolute atomic E-state index is 11.9. The molecular weight excluding hydrogens is 284 g/mol. The summed E-state index contributed by atoms with van der Waals surface area (Å²) in [5, 5.41) is 10.2. The number of rotatable bonds is 4. The van der Waals surface area contributed by atoms with Gasteiger partial charge in [-0.2, -0.15) is 11.3 Å². The summed E-state index contributed by atoms with van der Waals surface area (Å²) in [6, 6.07) is 9.65. The van der Waals surface area contributed by atoms with Crippen LogP contribution in [0.15, 0.2) is 41.1 Å². The molecule has 0 unspecified atom stereocenters. The van der Waals surface area contributed by atoms with Crippen molar-refractivity contribution in [3.8, 4) is 0 Å². The first kappa shape index (κ1) is 15.4. The monoisotopic (exact) mass is 304 g/mol. The van der Waals surface area contributed by atoms with Crippen LogP contribution in [0.3, 0.4) is 0 Å². The molecule has 2 aromatic rings. The lowest BCUT2D eigenvalue weighted by molar-refractivity contribution is 0.0636. The van der Waals surface area contributed by atoms with Crippen LogP contribution in [-0.4, -0.2) is 11.7 Å². The molecular formula is C16H20N2O2S. The summed E-state index contributed by atoms with van der Waals surface area (Å²) in [6.45, 7) is 6.24. The van der Waals surface area contributed by atoms with Gasteiger partial charge in [-0.25, -0.2) is 4.79 Å². The largest absolute Gasteiger partial charge is 0.444 e. The summed E-state index contributed by atoms with van der Waals surface area (Å²) in [6.07, 6.45) is -0.452. The number of benzene rings is 1. The number of para-hydroxylation sites is 2. The van der Waals surface area contributed by atoms with Gasteiger partial charge in [0.15, 0.2) is 0 Å². The number of carbonyl (C=O) groups excluding carboxylic acids is 1. The van der Waals surface area contributed by atoms with E-state index in [-0.39, 0.29) is 0 Å². The van der Waals surface area contributed by atoms with Crippen molar-refractivity contribution in [3.63, 3.8) is 0 Å². The van der Waals surface area contributed by atoms with Crippen LogP contribution in [0, 0.1) is 0 Å². The summed E-state index contributed by atoms with van der Waals surface area (Å²) in [5.74, 6) is 0. The highest BCUT2D eigenvalue weighted by molar-refractivity contribution is 7.07. The van der Waals surface area contributed by atoms with Crippen molar-refractivity contribution in [3.05, 3.63) is 46.7 Å². The second-order valence-electron chi connectivity index (χ2n) is 5.66. The quantitative estimate of drug-likeness (QED) is 0.860. The number of carbonyl (C=O) groups is 1. The number of ether oxygens (including phenoxy) is 1. The van der Waals surface area contributed by atoms with E-state index in [0.717, 1.165) is 12.2 Å². The molecule has 0 saturated heterocycles.